The number of morpholine rings is 1. The average Bonchev–Trinajstić information content (AvgIpc) is 2.58. The van der Waals surface area contributed by atoms with Crippen LogP contribution in [0.5, 0.6) is 0 Å². The second kappa shape index (κ2) is 7.88. The highest BCUT2D eigenvalue weighted by atomic mass is 35.5. The molecule has 0 unspecified atom stereocenters. The Labute approximate surface area is 142 Å². The van der Waals surface area contributed by atoms with Crippen LogP contribution in [0.3, 0.4) is 0 Å². The number of nitrogens with one attached hydrogen (secondary N) is 1. The van der Waals surface area contributed by atoms with Gasteiger partial charge >= 0.3 is 0 Å². The van der Waals surface area contributed by atoms with E-state index in [1.54, 1.807) is 6.20 Å². The number of pyridine rings is 1. The van der Waals surface area contributed by atoms with Gasteiger partial charge in [0.25, 0.3) is 0 Å². The summed E-state index contributed by atoms with van der Waals surface area (Å²) in [6, 6.07) is 12.2. The van der Waals surface area contributed by atoms with Crippen LogP contribution in [0.4, 0.5) is 0 Å². The molecule has 0 bridgehead atoms. The van der Waals surface area contributed by atoms with E-state index < -0.39 is 0 Å². The Bertz CT molecular complexity index is 605. The molecular weight excluding hydrogens is 310 g/mol. The van der Waals surface area contributed by atoms with Gasteiger partial charge in [-0.2, -0.15) is 0 Å². The summed E-state index contributed by atoms with van der Waals surface area (Å²) in [5, 5.41) is 4.38. The molecule has 4 nitrogen and oxygen atoms in total. The van der Waals surface area contributed by atoms with Gasteiger partial charge in [0.15, 0.2) is 0 Å². The van der Waals surface area contributed by atoms with E-state index in [9.17, 15) is 0 Å². The fourth-order valence-electron chi connectivity index (χ4n) is 2.88. The molecule has 0 amide bonds. The van der Waals surface area contributed by atoms with Crippen molar-refractivity contribution >= 4 is 11.6 Å². The molecule has 2 atom stereocenters. The lowest BCUT2D eigenvalue weighted by molar-refractivity contribution is -0.0396. The smallest absolute Gasteiger partial charge is 0.0896 e. The molecule has 1 aliphatic rings. The summed E-state index contributed by atoms with van der Waals surface area (Å²) in [6.45, 7) is 3.41. The van der Waals surface area contributed by atoms with Crippen molar-refractivity contribution in [3.8, 4) is 0 Å². The van der Waals surface area contributed by atoms with Gasteiger partial charge in [-0.1, -0.05) is 29.8 Å². The van der Waals surface area contributed by atoms with E-state index in [4.69, 9.17) is 16.3 Å². The number of aromatic nitrogens is 1. The molecule has 0 radical (unpaired) electrons. The zero-order chi connectivity index (χ0) is 16.1. The zero-order valence-electron chi connectivity index (χ0n) is 13.3. The maximum absolute atomic E-state index is 6.03. The summed E-state index contributed by atoms with van der Waals surface area (Å²) in [6.07, 6.45) is 3.80. The minimum Gasteiger partial charge on any atom is -0.374 e. The lowest BCUT2D eigenvalue weighted by Gasteiger charge is -2.36. The molecule has 2 aromatic rings. The van der Waals surface area contributed by atoms with Crippen molar-refractivity contribution in [3.63, 3.8) is 0 Å². The lowest BCUT2D eigenvalue weighted by Crippen LogP contribution is -2.46. The molecule has 1 aromatic heterocycles. The first kappa shape index (κ1) is 16.4. The van der Waals surface area contributed by atoms with Gasteiger partial charge in [0, 0.05) is 37.1 Å². The van der Waals surface area contributed by atoms with Gasteiger partial charge in [-0.25, -0.2) is 0 Å². The van der Waals surface area contributed by atoms with E-state index in [1.807, 2.05) is 24.4 Å². The maximum Gasteiger partial charge on any atom is 0.0896 e. The first-order chi connectivity index (χ1) is 11.2. The molecule has 1 N–H and O–H groups in total. The van der Waals surface area contributed by atoms with Crippen LogP contribution in [-0.4, -0.2) is 42.7 Å². The Balaban J connectivity index is 1.76. The molecule has 1 aliphatic heterocycles. The van der Waals surface area contributed by atoms with Crippen molar-refractivity contribution in [2.24, 2.45) is 0 Å². The largest absolute Gasteiger partial charge is 0.374 e. The standard InChI is InChI=1S/C18H22ClN3O/c1-22-9-10-23-17(13-22)18(15-4-6-16(19)7-5-15)21-12-14-3-2-8-20-11-14/h2-8,11,17-18,21H,9-10,12-13H2,1H3/t17-,18+/m0/s1. The van der Waals surface area contributed by atoms with Crippen molar-refractivity contribution in [2.75, 3.05) is 26.7 Å². The number of halogens is 1. The van der Waals surface area contributed by atoms with Crippen LogP contribution in [0.1, 0.15) is 17.2 Å². The second-order valence-electron chi connectivity index (χ2n) is 5.94. The average molecular weight is 332 g/mol. The molecule has 1 aromatic carbocycles. The molecule has 0 saturated carbocycles. The summed E-state index contributed by atoms with van der Waals surface area (Å²) in [5.74, 6) is 0. The van der Waals surface area contributed by atoms with Crippen molar-refractivity contribution in [1.82, 2.24) is 15.2 Å². The highest BCUT2D eigenvalue weighted by molar-refractivity contribution is 6.30. The van der Waals surface area contributed by atoms with Gasteiger partial charge < -0.3 is 15.0 Å². The lowest BCUT2D eigenvalue weighted by atomic mass is 9.99. The Morgan fingerprint density at radius 3 is 2.87 bits per heavy atom. The topological polar surface area (TPSA) is 37.4 Å². The van der Waals surface area contributed by atoms with E-state index >= 15 is 0 Å². The van der Waals surface area contributed by atoms with Gasteiger partial charge in [-0.3, -0.25) is 4.98 Å². The van der Waals surface area contributed by atoms with E-state index in [2.05, 4.69) is 40.4 Å². The number of nitrogens with zero attached hydrogens (tertiary/aromatic N) is 2. The normalized spacial score (nSPS) is 20.3. The van der Waals surface area contributed by atoms with Crippen molar-refractivity contribution in [3.05, 3.63) is 64.9 Å². The Kier molecular flexibility index (Phi) is 5.62. The maximum atomic E-state index is 6.03. The van der Waals surface area contributed by atoms with Gasteiger partial charge in [0.2, 0.25) is 0 Å². The predicted molar refractivity (Wildman–Crippen MR) is 92.5 cm³/mol. The molecule has 1 fully saturated rings. The van der Waals surface area contributed by atoms with Gasteiger partial charge in [0.1, 0.15) is 0 Å². The summed E-state index contributed by atoms with van der Waals surface area (Å²) < 4.78 is 6.03. The predicted octanol–water partition coefficient (Wildman–Crippen LogP) is 2.90. The van der Waals surface area contributed by atoms with Crippen molar-refractivity contribution < 1.29 is 4.74 Å². The van der Waals surface area contributed by atoms with Crippen LogP contribution in [0, 0.1) is 0 Å². The van der Waals surface area contributed by atoms with Crippen LogP contribution in [0.2, 0.25) is 5.02 Å². The van der Waals surface area contributed by atoms with Crippen LogP contribution in [0.15, 0.2) is 48.8 Å². The van der Waals surface area contributed by atoms with E-state index in [1.165, 1.54) is 5.56 Å². The molecule has 5 heteroatoms. The van der Waals surface area contributed by atoms with Gasteiger partial charge in [0.05, 0.1) is 18.8 Å². The fourth-order valence-corrected chi connectivity index (χ4v) is 3.00. The first-order valence-electron chi connectivity index (χ1n) is 7.90. The molecule has 0 spiro atoms. The Hall–Kier alpha value is -1.46. The van der Waals surface area contributed by atoms with Crippen molar-refractivity contribution in [1.29, 1.82) is 0 Å². The van der Waals surface area contributed by atoms with E-state index in [0.29, 0.717) is 0 Å². The Morgan fingerprint density at radius 2 is 2.17 bits per heavy atom. The number of benzene rings is 1. The molecule has 2 heterocycles. The summed E-state index contributed by atoms with van der Waals surface area (Å²) >= 11 is 6.03. The summed E-state index contributed by atoms with van der Waals surface area (Å²) in [4.78, 5) is 6.48. The van der Waals surface area contributed by atoms with Crippen LogP contribution in [-0.2, 0) is 11.3 Å². The number of likely N-dealkylation sites (N-methyl/N-ethyl adjacent to an activating group) is 1. The molecular formula is C18H22ClN3O. The third-order valence-electron chi connectivity index (χ3n) is 4.15. The number of hydrogen-bond acceptors (Lipinski definition) is 4. The number of rotatable bonds is 5. The first-order valence-corrected chi connectivity index (χ1v) is 8.28. The highest BCUT2D eigenvalue weighted by Gasteiger charge is 2.27. The fraction of sp³-hybridized carbons (Fsp3) is 0.389. The minimum absolute atomic E-state index is 0.117. The minimum atomic E-state index is 0.117. The Morgan fingerprint density at radius 1 is 1.35 bits per heavy atom. The van der Waals surface area contributed by atoms with Crippen LogP contribution < -0.4 is 5.32 Å². The molecule has 3 rings (SSSR count). The highest BCUT2D eigenvalue weighted by Crippen LogP contribution is 2.24. The quantitative estimate of drug-likeness (QED) is 0.914. The second-order valence-corrected chi connectivity index (χ2v) is 6.38. The monoisotopic (exact) mass is 331 g/mol. The van der Waals surface area contributed by atoms with Gasteiger partial charge in [-0.15, -0.1) is 0 Å². The molecule has 23 heavy (non-hydrogen) atoms. The third kappa shape index (κ3) is 4.52. The summed E-state index contributed by atoms with van der Waals surface area (Å²) in [5.41, 5.74) is 2.36. The van der Waals surface area contributed by atoms with E-state index in [0.717, 1.165) is 36.8 Å². The molecule has 0 aliphatic carbocycles. The number of hydrogen-bond donors (Lipinski definition) is 1. The SMILES string of the molecule is CN1CCO[C@H]([C@H](NCc2cccnc2)c2ccc(Cl)cc2)C1. The number of ether oxygens (including phenoxy) is 1. The van der Waals surface area contributed by atoms with E-state index in [-0.39, 0.29) is 12.1 Å². The van der Waals surface area contributed by atoms with Crippen LogP contribution >= 0.6 is 11.6 Å². The van der Waals surface area contributed by atoms with Gasteiger partial charge in [-0.05, 0) is 36.4 Å². The van der Waals surface area contributed by atoms with Crippen LogP contribution in [0.25, 0.3) is 0 Å². The zero-order valence-corrected chi connectivity index (χ0v) is 14.0. The summed E-state index contributed by atoms with van der Waals surface area (Å²) in [7, 11) is 2.13. The van der Waals surface area contributed by atoms with Crippen molar-refractivity contribution in [2.45, 2.75) is 18.7 Å². The third-order valence-corrected chi connectivity index (χ3v) is 4.40. The molecule has 1 saturated heterocycles. The molecule has 122 valence electrons.